The SMILES string of the molecule is CCOC(=O)C#CC1(O)C(=O)CC2CC[C@H]3[C@@H]4CCC[C@@]4(C)CC[C@@H]3[C@@]2(C)C1O. The molecule has 0 bridgehead atoms. The van der Waals surface area contributed by atoms with Crippen molar-refractivity contribution in [1.82, 2.24) is 0 Å². The summed E-state index contributed by atoms with van der Waals surface area (Å²) in [6.45, 7) is 6.33. The molecule has 0 aliphatic heterocycles. The van der Waals surface area contributed by atoms with Crippen LogP contribution in [0, 0.1) is 46.3 Å². The summed E-state index contributed by atoms with van der Waals surface area (Å²) in [4.78, 5) is 24.5. The highest BCUT2D eigenvalue weighted by molar-refractivity contribution is 5.96. The van der Waals surface area contributed by atoms with E-state index in [1.807, 2.05) is 0 Å². The van der Waals surface area contributed by atoms with Gasteiger partial charge in [0.2, 0.25) is 5.60 Å². The smallest absolute Gasteiger partial charge is 0.384 e. The molecular weight excluding hydrogens is 368 g/mol. The molecule has 0 radical (unpaired) electrons. The van der Waals surface area contributed by atoms with Gasteiger partial charge >= 0.3 is 5.97 Å². The highest BCUT2D eigenvalue weighted by atomic mass is 16.5. The van der Waals surface area contributed by atoms with Gasteiger partial charge in [-0.05, 0) is 80.5 Å². The molecule has 160 valence electrons. The number of fused-ring (bicyclic) bond motifs is 5. The fraction of sp³-hybridized carbons (Fsp3) is 0.833. The van der Waals surface area contributed by atoms with Crippen molar-refractivity contribution >= 4 is 11.8 Å². The second-order valence-corrected chi connectivity index (χ2v) is 10.4. The molecule has 0 aromatic rings. The Hall–Kier alpha value is -1.38. The number of aliphatic hydroxyl groups excluding tert-OH is 1. The molecule has 5 heteroatoms. The third-order valence-corrected chi connectivity index (χ3v) is 9.22. The Morgan fingerprint density at radius 2 is 1.93 bits per heavy atom. The molecule has 0 spiro atoms. The average molecular weight is 403 g/mol. The number of esters is 1. The van der Waals surface area contributed by atoms with Crippen LogP contribution in [0.4, 0.5) is 0 Å². The molecule has 8 atom stereocenters. The number of hydrogen-bond acceptors (Lipinski definition) is 5. The van der Waals surface area contributed by atoms with Crippen molar-refractivity contribution in [3.63, 3.8) is 0 Å². The first kappa shape index (κ1) is 20.9. The van der Waals surface area contributed by atoms with Gasteiger partial charge in [0.1, 0.15) is 6.10 Å². The first-order valence-electron chi connectivity index (χ1n) is 11.3. The fourth-order valence-corrected chi connectivity index (χ4v) is 7.64. The lowest BCUT2D eigenvalue weighted by molar-refractivity contribution is -0.209. The van der Waals surface area contributed by atoms with Gasteiger partial charge in [0.05, 0.1) is 6.61 Å². The van der Waals surface area contributed by atoms with E-state index in [4.69, 9.17) is 4.74 Å². The quantitative estimate of drug-likeness (QED) is 0.400. The van der Waals surface area contributed by atoms with Crippen LogP contribution in [0.15, 0.2) is 0 Å². The summed E-state index contributed by atoms with van der Waals surface area (Å²) in [7, 11) is 0. The summed E-state index contributed by atoms with van der Waals surface area (Å²) in [6.07, 6.45) is 6.94. The molecule has 29 heavy (non-hydrogen) atoms. The molecule has 5 nitrogen and oxygen atoms in total. The predicted octanol–water partition coefficient (Wildman–Crippen LogP) is 2.87. The van der Waals surface area contributed by atoms with E-state index in [-0.39, 0.29) is 24.9 Å². The third-order valence-electron chi connectivity index (χ3n) is 9.22. The maximum Gasteiger partial charge on any atom is 0.384 e. The van der Waals surface area contributed by atoms with Crippen molar-refractivity contribution in [2.45, 2.75) is 83.8 Å². The second-order valence-electron chi connectivity index (χ2n) is 10.4. The zero-order valence-electron chi connectivity index (χ0n) is 17.9. The maximum atomic E-state index is 12.8. The summed E-state index contributed by atoms with van der Waals surface area (Å²) >= 11 is 0. The summed E-state index contributed by atoms with van der Waals surface area (Å²) in [5.41, 5.74) is -2.37. The standard InChI is InChI=1S/C24H34O5/c1-4-29-20(26)10-13-24(28)19(25)14-15-7-8-16-17-6-5-11-22(17,2)12-9-18(16)23(15,3)21(24)27/h15-18,21,27-28H,4-9,11-12,14H2,1-3H3/t15?,16-,17-,18-,21?,22-,23-,24?/m0/s1. The molecule has 4 saturated carbocycles. The van der Waals surface area contributed by atoms with Crippen LogP contribution >= 0.6 is 0 Å². The van der Waals surface area contributed by atoms with Gasteiger partial charge in [-0.25, -0.2) is 4.79 Å². The van der Waals surface area contributed by atoms with E-state index in [1.165, 1.54) is 19.3 Å². The molecule has 0 aromatic heterocycles. The number of carbonyl (C=O) groups excluding carboxylic acids is 2. The van der Waals surface area contributed by atoms with Gasteiger partial charge in [-0.1, -0.05) is 20.3 Å². The van der Waals surface area contributed by atoms with Crippen molar-refractivity contribution in [3.05, 3.63) is 0 Å². The molecule has 0 aromatic carbocycles. The normalized spacial score (nSPS) is 48.6. The number of ether oxygens (including phenoxy) is 1. The highest BCUT2D eigenvalue weighted by Gasteiger charge is 2.66. The van der Waals surface area contributed by atoms with Crippen molar-refractivity contribution < 1.29 is 24.5 Å². The minimum absolute atomic E-state index is 0.0571. The average Bonchev–Trinajstić information content (AvgIpc) is 3.08. The lowest BCUT2D eigenvalue weighted by Crippen LogP contribution is -2.67. The van der Waals surface area contributed by atoms with E-state index in [0.717, 1.165) is 25.7 Å². The first-order chi connectivity index (χ1) is 13.7. The van der Waals surface area contributed by atoms with E-state index in [9.17, 15) is 19.8 Å². The Morgan fingerprint density at radius 3 is 2.66 bits per heavy atom. The largest absolute Gasteiger partial charge is 0.456 e. The number of ketones is 1. The number of rotatable bonds is 1. The van der Waals surface area contributed by atoms with Crippen LogP contribution in [0.2, 0.25) is 0 Å². The van der Waals surface area contributed by atoms with Crippen molar-refractivity contribution in [2.24, 2.45) is 34.5 Å². The molecule has 4 aliphatic rings. The van der Waals surface area contributed by atoms with Gasteiger partial charge in [0.25, 0.3) is 0 Å². The molecule has 4 aliphatic carbocycles. The Kier molecular flexibility index (Phi) is 5.11. The molecule has 2 N–H and O–H groups in total. The summed E-state index contributed by atoms with van der Waals surface area (Å²) in [5.74, 6) is 4.94. The zero-order valence-corrected chi connectivity index (χ0v) is 17.9. The Labute approximate surface area is 173 Å². The zero-order chi connectivity index (χ0) is 21.0. The van der Waals surface area contributed by atoms with Crippen LogP contribution in [-0.4, -0.2) is 40.3 Å². The van der Waals surface area contributed by atoms with Gasteiger partial charge < -0.3 is 14.9 Å². The number of Topliss-reactive ketones (excluding diaryl/α,β-unsaturated/α-hetero) is 1. The van der Waals surface area contributed by atoms with E-state index in [0.29, 0.717) is 17.3 Å². The van der Waals surface area contributed by atoms with E-state index < -0.39 is 28.9 Å². The van der Waals surface area contributed by atoms with E-state index in [1.54, 1.807) is 6.92 Å². The summed E-state index contributed by atoms with van der Waals surface area (Å²) < 4.78 is 4.81. The van der Waals surface area contributed by atoms with Crippen molar-refractivity contribution in [1.29, 1.82) is 0 Å². The van der Waals surface area contributed by atoms with E-state index in [2.05, 4.69) is 25.7 Å². The number of hydrogen-bond donors (Lipinski definition) is 2. The lowest BCUT2D eigenvalue weighted by atomic mass is 9.43. The molecule has 0 saturated heterocycles. The summed E-state index contributed by atoms with van der Waals surface area (Å²) in [6, 6.07) is 0. The van der Waals surface area contributed by atoms with Gasteiger partial charge in [-0.15, -0.1) is 0 Å². The van der Waals surface area contributed by atoms with Crippen molar-refractivity contribution in [2.75, 3.05) is 6.61 Å². The molecule has 3 unspecified atom stereocenters. The van der Waals surface area contributed by atoms with Crippen LogP contribution in [0.1, 0.15) is 72.1 Å². The van der Waals surface area contributed by atoms with Crippen LogP contribution in [0.5, 0.6) is 0 Å². The van der Waals surface area contributed by atoms with Crippen LogP contribution in [0.3, 0.4) is 0 Å². The van der Waals surface area contributed by atoms with Gasteiger partial charge in [0, 0.05) is 17.8 Å². The Balaban J connectivity index is 1.68. The van der Waals surface area contributed by atoms with Gasteiger partial charge in [0.15, 0.2) is 5.78 Å². The van der Waals surface area contributed by atoms with E-state index >= 15 is 0 Å². The maximum absolute atomic E-state index is 12.8. The molecular formula is C24H34O5. The minimum atomic E-state index is -2.20. The topological polar surface area (TPSA) is 83.8 Å². The molecule has 4 rings (SSSR count). The third kappa shape index (κ3) is 2.98. The van der Waals surface area contributed by atoms with Crippen molar-refractivity contribution in [3.8, 4) is 11.8 Å². The number of carbonyl (C=O) groups is 2. The molecule has 0 heterocycles. The van der Waals surface area contributed by atoms with Gasteiger partial charge in [-0.3, -0.25) is 4.79 Å². The minimum Gasteiger partial charge on any atom is -0.456 e. The highest BCUT2D eigenvalue weighted by Crippen LogP contribution is 2.66. The lowest BCUT2D eigenvalue weighted by Gasteiger charge is -2.62. The van der Waals surface area contributed by atoms with Gasteiger partial charge in [-0.2, -0.15) is 0 Å². The summed E-state index contributed by atoms with van der Waals surface area (Å²) in [5, 5.41) is 22.6. The van der Waals surface area contributed by atoms with Crippen LogP contribution in [0.25, 0.3) is 0 Å². The fourth-order valence-electron chi connectivity index (χ4n) is 7.64. The predicted molar refractivity (Wildman–Crippen MR) is 107 cm³/mol. The Bertz CT molecular complexity index is 765. The molecule has 4 fully saturated rings. The molecule has 0 amide bonds. The Morgan fingerprint density at radius 1 is 1.17 bits per heavy atom. The van der Waals surface area contributed by atoms with Crippen LogP contribution in [-0.2, 0) is 14.3 Å². The number of aliphatic hydroxyl groups is 2. The first-order valence-corrected chi connectivity index (χ1v) is 11.3. The monoisotopic (exact) mass is 402 g/mol. The second kappa shape index (κ2) is 7.10. The van der Waals surface area contributed by atoms with Crippen LogP contribution < -0.4 is 0 Å².